The molecule has 1 aromatic rings. The fraction of sp³-hybridized carbons (Fsp3) is 0. The monoisotopic (exact) mass is 269 g/mol. The molecule has 0 saturated heterocycles. The second-order valence-electron chi connectivity index (χ2n) is 2.64. The van der Waals surface area contributed by atoms with Gasteiger partial charge in [0, 0.05) is 10.0 Å². The van der Waals surface area contributed by atoms with Gasteiger partial charge in [0.25, 0.3) is 0 Å². The number of carboxylic acids is 1. The van der Waals surface area contributed by atoms with Crippen molar-refractivity contribution in [2.75, 3.05) is 0 Å². The average molecular weight is 270 g/mol. The molecule has 0 amide bonds. The third-order valence-electron chi connectivity index (χ3n) is 1.61. The highest BCUT2D eigenvalue weighted by Crippen LogP contribution is 2.17. The Morgan fingerprint density at radius 1 is 1.60 bits per heavy atom. The minimum atomic E-state index is -1.38. The van der Waals surface area contributed by atoms with Crippen LogP contribution in [0.3, 0.4) is 0 Å². The standard InChI is InChI=1S/C10H5BrFNO2/c11-8-2-1-6(9(12)4-8)3-7(5-13)10(14)15/h1-4H,(H,14,15)/b7-3+. The summed E-state index contributed by atoms with van der Waals surface area (Å²) in [7, 11) is 0. The number of carboxylic acid groups (broad SMARTS) is 1. The summed E-state index contributed by atoms with van der Waals surface area (Å²) in [6.07, 6.45) is 0.990. The van der Waals surface area contributed by atoms with Gasteiger partial charge in [-0.05, 0) is 18.2 Å². The maximum Gasteiger partial charge on any atom is 0.346 e. The first-order chi connectivity index (χ1) is 7.04. The molecule has 1 aromatic carbocycles. The van der Waals surface area contributed by atoms with Gasteiger partial charge < -0.3 is 5.11 Å². The lowest BCUT2D eigenvalue weighted by atomic mass is 10.1. The summed E-state index contributed by atoms with van der Waals surface area (Å²) >= 11 is 3.07. The zero-order chi connectivity index (χ0) is 11.4. The van der Waals surface area contributed by atoms with E-state index in [0.717, 1.165) is 6.08 Å². The fourth-order valence-corrected chi connectivity index (χ4v) is 1.25. The molecule has 0 spiro atoms. The zero-order valence-electron chi connectivity index (χ0n) is 7.37. The predicted molar refractivity (Wildman–Crippen MR) is 55.3 cm³/mol. The lowest BCUT2D eigenvalue weighted by Gasteiger charge is -1.97. The Labute approximate surface area is 93.6 Å². The maximum atomic E-state index is 13.2. The number of nitriles is 1. The predicted octanol–water partition coefficient (Wildman–Crippen LogP) is 2.58. The molecular weight excluding hydrogens is 265 g/mol. The quantitative estimate of drug-likeness (QED) is 0.663. The van der Waals surface area contributed by atoms with E-state index in [1.165, 1.54) is 18.2 Å². The maximum absolute atomic E-state index is 13.2. The van der Waals surface area contributed by atoms with Crippen LogP contribution >= 0.6 is 15.9 Å². The molecule has 76 valence electrons. The number of nitrogens with zero attached hydrogens (tertiary/aromatic N) is 1. The third kappa shape index (κ3) is 2.89. The third-order valence-corrected chi connectivity index (χ3v) is 2.11. The minimum Gasteiger partial charge on any atom is -0.477 e. The van der Waals surface area contributed by atoms with Gasteiger partial charge in [-0.1, -0.05) is 22.0 Å². The van der Waals surface area contributed by atoms with Crippen molar-refractivity contribution in [1.82, 2.24) is 0 Å². The van der Waals surface area contributed by atoms with Crippen LogP contribution in [0.15, 0.2) is 28.2 Å². The van der Waals surface area contributed by atoms with E-state index in [0.29, 0.717) is 4.47 Å². The topological polar surface area (TPSA) is 61.1 Å². The Hall–Kier alpha value is -1.67. The largest absolute Gasteiger partial charge is 0.477 e. The van der Waals surface area contributed by atoms with Crippen LogP contribution in [-0.4, -0.2) is 11.1 Å². The molecule has 0 aromatic heterocycles. The van der Waals surface area contributed by atoms with Crippen LogP contribution < -0.4 is 0 Å². The SMILES string of the molecule is N#C/C(=C\c1ccc(Br)cc1F)C(=O)O. The summed E-state index contributed by atoms with van der Waals surface area (Å²) in [5.41, 5.74) is -0.437. The molecular formula is C10H5BrFNO2. The minimum absolute atomic E-state index is 0.0668. The highest BCUT2D eigenvalue weighted by Gasteiger charge is 2.08. The Morgan fingerprint density at radius 3 is 2.73 bits per heavy atom. The molecule has 0 saturated carbocycles. The molecule has 3 nitrogen and oxygen atoms in total. The Kier molecular flexibility index (Phi) is 3.58. The van der Waals surface area contributed by atoms with Crippen LogP contribution in [0, 0.1) is 17.1 Å². The molecule has 0 fully saturated rings. The Bertz CT molecular complexity index is 477. The van der Waals surface area contributed by atoms with E-state index >= 15 is 0 Å². The van der Waals surface area contributed by atoms with Crippen molar-refractivity contribution in [3.8, 4) is 6.07 Å². The average Bonchev–Trinajstić information content (AvgIpc) is 2.16. The molecule has 15 heavy (non-hydrogen) atoms. The molecule has 1 rings (SSSR count). The van der Waals surface area contributed by atoms with Crippen molar-refractivity contribution in [3.05, 3.63) is 39.6 Å². The molecule has 0 aliphatic carbocycles. The molecule has 0 bridgehead atoms. The summed E-state index contributed by atoms with van der Waals surface area (Å²) in [6.45, 7) is 0. The molecule has 0 atom stereocenters. The van der Waals surface area contributed by atoms with Gasteiger partial charge in [-0.3, -0.25) is 0 Å². The fourth-order valence-electron chi connectivity index (χ4n) is 0.916. The summed E-state index contributed by atoms with van der Waals surface area (Å²) < 4.78 is 13.8. The highest BCUT2D eigenvalue weighted by molar-refractivity contribution is 9.10. The van der Waals surface area contributed by atoms with Crippen LogP contribution in [0.25, 0.3) is 6.08 Å². The molecule has 1 N–H and O–H groups in total. The smallest absolute Gasteiger partial charge is 0.346 e. The van der Waals surface area contributed by atoms with E-state index in [9.17, 15) is 9.18 Å². The molecule has 0 heterocycles. The van der Waals surface area contributed by atoms with Crippen molar-refractivity contribution in [3.63, 3.8) is 0 Å². The molecule has 0 aliphatic heterocycles. The molecule has 0 unspecified atom stereocenters. The lowest BCUT2D eigenvalue weighted by Crippen LogP contribution is -1.98. The molecule has 5 heteroatoms. The number of aliphatic carboxylic acids is 1. The number of hydrogen-bond donors (Lipinski definition) is 1. The van der Waals surface area contributed by atoms with Gasteiger partial charge in [-0.15, -0.1) is 0 Å². The van der Waals surface area contributed by atoms with E-state index in [4.69, 9.17) is 10.4 Å². The van der Waals surface area contributed by atoms with Crippen molar-refractivity contribution in [2.45, 2.75) is 0 Å². The normalized spacial score (nSPS) is 10.9. The summed E-state index contributed by atoms with van der Waals surface area (Å²) in [5.74, 6) is -1.96. The van der Waals surface area contributed by atoms with E-state index in [1.54, 1.807) is 6.07 Å². The van der Waals surface area contributed by atoms with Gasteiger partial charge in [-0.25, -0.2) is 9.18 Å². The van der Waals surface area contributed by atoms with Crippen molar-refractivity contribution >= 4 is 28.0 Å². The number of halogens is 2. The van der Waals surface area contributed by atoms with Gasteiger partial charge in [0.2, 0.25) is 0 Å². The van der Waals surface area contributed by atoms with Crippen molar-refractivity contribution < 1.29 is 14.3 Å². The first-order valence-corrected chi connectivity index (χ1v) is 4.64. The van der Waals surface area contributed by atoms with E-state index in [2.05, 4.69) is 15.9 Å². The molecule has 0 aliphatic rings. The Balaban J connectivity index is 3.19. The lowest BCUT2D eigenvalue weighted by molar-refractivity contribution is -0.132. The van der Waals surface area contributed by atoms with Crippen LogP contribution in [0.1, 0.15) is 5.56 Å². The summed E-state index contributed by atoms with van der Waals surface area (Å²) in [6, 6.07) is 5.62. The first kappa shape index (κ1) is 11.4. The van der Waals surface area contributed by atoms with Crippen molar-refractivity contribution in [2.24, 2.45) is 0 Å². The van der Waals surface area contributed by atoms with Gasteiger partial charge in [-0.2, -0.15) is 5.26 Å². The van der Waals surface area contributed by atoms with Crippen LogP contribution in [-0.2, 0) is 4.79 Å². The van der Waals surface area contributed by atoms with Crippen LogP contribution in [0.4, 0.5) is 4.39 Å². The summed E-state index contributed by atoms with van der Waals surface area (Å²) in [4.78, 5) is 10.5. The van der Waals surface area contributed by atoms with Gasteiger partial charge >= 0.3 is 5.97 Å². The van der Waals surface area contributed by atoms with E-state index in [1.807, 2.05) is 0 Å². The second-order valence-corrected chi connectivity index (χ2v) is 3.56. The number of hydrogen-bond acceptors (Lipinski definition) is 2. The Morgan fingerprint density at radius 2 is 2.27 bits per heavy atom. The summed E-state index contributed by atoms with van der Waals surface area (Å²) in [5, 5.41) is 17.0. The van der Waals surface area contributed by atoms with Gasteiger partial charge in [0.05, 0.1) is 0 Å². The number of benzene rings is 1. The number of rotatable bonds is 2. The van der Waals surface area contributed by atoms with E-state index in [-0.39, 0.29) is 5.56 Å². The molecule has 0 radical (unpaired) electrons. The van der Waals surface area contributed by atoms with Crippen LogP contribution in [0.2, 0.25) is 0 Å². The van der Waals surface area contributed by atoms with E-state index < -0.39 is 17.4 Å². The second kappa shape index (κ2) is 4.71. The van der Waals surface area contributed by atoms with Crippen molar-refractivity contribution in [1.29, 1.82) is 5.26 Å². The first-order valence-electron chi connectivity index (χ1n) is 3.84. The van der Waals surface area contributed by atoms with Crippen LogP contribution in [0.5, 0.6) is 0 Å². The number of carbonyl (C=O) groups is 1. The highest BCUT2D eigenvalue weighted by atomic mass is 79.9. The van der Waals surface area contributed by atoms with Gasteiger partial charge in [0.1, 0.15) is 17.5 Å². The van der Waals surface area contributed by atoms with Gasteiger partial charge in [0.15, 0.2) is 0 Å². The zero-order valence-corrected chi connectivity index (χ0v) is 8.95.